The van der Waals surface area contributed by atoms with Crippen molar-refractivity contribution in [3.05, 3.63) is 65.0 Å². The van der Waals surface area contributed by atoms with E-state index in [-0.39, 0.29) is 19.0 Å². The van der Waals surface area contributed by atoms with Crippen LogP contribution in [-0.4, -0.2) is 24.8 Å². The van der Waals surface area contributed by atoms with Crippen molar-refractivity contribution in [1.82, 2.24) is 5.32 Å². The highest BCUT2D eigenvalue weighted by Crippen LogP contribution is 2.11. The predicted octanol–water partition coefficient (Wildman–Crippen LogP) is 1.97. The fourth-order valence-electron chi connectivity index (χ4n) is 2.01. The Kier molecular flexibility index (Phi) is 6.03. The minimum atomic E-state index is -0.885. The van der Waals surface area contributed by atoms with Crippen LogP contribution in [-0.2, 0) is 11.3 Å². The molecular weight excluding hydrogens is 311 g/mol. The lowest BCUT2D eigenvalue weighted by molar-refractivity contribution is -0.123. The maximum absolute atomic E-state index is 13.7. The van der Waals surface area contributed by atoms with Gasteiger partial charge in [-0.2, -0.15) is 0 Å². The first-order chi connectivity index (χ1) is 11.5. The van der Waals surface area contributed by atoms with Crippen LogP contribution in [0, 0.1) is 12.7 Å². The molecule has 2 rings (SSSR count). The molecule has 0 radical (unpaired) electrons. The largest absolute Gasteiger partial charge is 0.491 e. The fourth-order valence-corrected chi connectivity index (χ4v) is 2.01. The molecule has 0 spiro atoms. The quantitative estimate of drug-likeness (QED) is 0.761. The third kappa shape index (κ3) is 4.89. The molecule has 0 aliphatic heterocycles. The van der Waals surface area contributed by atoms with Gasteiger partial charge in [0, 0.05) is 17.7 Å². The van der Waals surface area contributed by atoms with Gasteiger partial charge in [0.15, 0.2) is 0 Å². The van der Waals surface area contributed by atoms with E-state index in [1.807, 2.05) is 0 Å². The number of ether oxygens (including phenoxy) is 1. The fraction of sp³-hybridized carbons (Fsp3) is 0.222. The van der Waals surface area contributed by atoms with E-state index in [2.05, 4.69) is 5.32 Å². The second-order valence-corrected chi connectivity index (χ2v) is 5.42. The summed E-state index contributed by atoms with van der Waals surface area (Å²) in [5.41, 5.74) is 7.50. The number of rotatable bonds is 7. The van der Waals surface area contributed by atoms with Crippen molar-refractivity contribution in [2.45, 2.75) is 19.5 Å². The third-order valence-corrected chi connectivity index (χ3v) is 3.44. The lowest BCUT2D eigenvalue weighted by atomic mass is 10.1. The van der Waals surface area contributed by atoms with Crippen molar-refractivity contribution < 1.29 is 18.7 Å². The normalized spacial score (nSPS) is 11.6. The molecule has 0 bridgehead atoms. The average molecular weight is 330 g/mol. The van der Waals surface area contributed by atoms with E-state index >= 15 is 0 Å². The molecule has 0 saturated heterocycles. The Balaban J connectivity index is 1.81. The van der Waals surface area contributed by atoms with E-state index in [1.165, 1.54) is 6.07 Å². The summed E-state index contributed by atoms with van der Waals surface area (Å²) >= 11 is 0. The first-order valence-corrected chi connectivity index (χ1v) is 7.46. The van der Waals surface area contributed by atoms with Crippen LogP contribution >= 0.6 is 0 Å². The number of carbonyl (C=O) groups excluding carboxylic acids is 2. The lowest BCUT2D eigenvalue weighted by Crippen LogP contribution is -2.44. The Bertz CT molecular complexity index is 717. The van der Waals surface area contributed by atoms with Crippen LogP contribution in [0.2, 0.25) is 0 Å². The zero-order valence-corrected chi connectivity index (χ0v) is 13.3. The summed E-state index contributed by atoms with van der Waals surface area (Å²) in [7, 11) is 0. The van der Waals surface area contributed by atoms with Crippen LogP contribution in [0.5, 0.6) is 5.75 Å². The Morgan fingerprint density at radius 3 is 2.62 bits per heavy atom. The van der Waals surface area contributed by atoms with Crippen LogP contribution < -0.4 is 15.8 Å². The summed E-state index contributed by atoms with van der Waals surface area (Å²) in [6, 6.07) is 10.4. The standard InChI is InChI=1S/C18H19FN2O3/c1-12-2-5-14(16(19)8-12)9-21-18(23)17(20)11-24-15-6-3-13(10-22)4-7-15/h2-8,10,17H,9,11,20H2,1H3,(H,21,23). The Morgan fingerprint density at radius 1 is 1.29 bits per heavy atom. The number of amides is 1. The molecule has 0 aliphatic rings. The minimum absolute atomic E-state index is 0.0251. The van der Waals surface area contributed by atoms with Gasteiger partial charge in [0.2, 0.25) is 5.91 Å². The zero-order valence-electron chi connectivity index (χ0n) is 13.3. The van der Waals surface area contributed by atoms with Gasteiger partial charge in [-0.25, -0.2) is 4.39 Å². The lowest BCUT2D eigenvalue weighted by Gasteiger charge is -2.14. The smallest absolute Gasteiger partial charge is 0.240 e. The van der Waals surface area contributed by atoms with Crippen molar-refractivity contribution >= 4 is 12.2 Å². The summed E-state index contributed by atoms with van der Waals surface area (Å²) in [4.78, 5) is 22.5. The van der Waals surface area contributed by atoms with Crippen molar-refractivity contribution in [3.8, 4) is 5.75 Å². The summed E-state index contributed by atoms with van der Waals surface area (Å²) < 4.78 is 19.1. The number of nitrogens with two attached hydrogens (primary N) is 1. The summed E-state index contributed by atoms with van der Waals surface area (Å²) in [6.07, 6.45) is 0.729. The number of benzene rings is 2. The second-order valence-electron chi connectivity index (χ2n) is 5.42. The molecule has 126 valence electrons. The molecule has 0 saturated carbocycles. The van der Waals surface area contributed by atoms with E-state index in [0.29, 0.717) is 16.9 Å². The zero-order chi connectivity index (χ0) is 17.5. The van der Waals surface area contributed by atoms with E-state index < -0.39 is 11.9 Å². The molecule has 0 aromatic heterocycles. The highest BCUT2D eigenvalue weighted by Gasteiger charge is 2.14. The van der Waals surface area contributed by atoms with Crippen LogP contribution in [0.25, 0.3) is 0 Å². The van der Waals surface area contributed by atoms with Gasteiger partial charge in [0.05, 0.1) is 0 Å². The van der Waals surface area contributed by atoms with Crippen LogP contribution in [0.4, 0.5) is 4.39 Å². The molecule has 1 amide bonds. The highest BCUT2D eigenvalue weighted by molar-refractivity contribution is 5.81. The molecule has 3 N–H and O–H groups in total. The molecule has 2 aromatic carbocycles. The van der Waals surface area contributed by atoms with E-state index in [1.54, 1.807) is 43.3 Å². The molecular formula is C18H19FN2O3. The van der Waals surface area contributed by atoms with Crippen molar-refractivity contribution in [2.24, 2.45) is 5.73 Å². The molecule has 1 unspecified atom stereocenters. The van der Waals surface area contributed by atoms with Gasteiger partial charge >= 0.3 is 0 Å². The van der Waals surface area contributed by atoms with Crippen LogP contribution in [0.15, 0.2) is 42.5 Å². The first-order valence-electron chi connectivity index (χ1n) is 7.46. The Labute approximate surface area is 139 Å². The van der Waals surface area contributed by atoms with E-state index in [0.717, 1.165) is 11.8 Å². The van der Waals surface area contributed by atoms with Crippen molar-refractivity contribution in [3.63, 3.8) is 0 Å². The number of hydrogen-bond donors (Lipinski definition) is 2. The second kappa shape index (κ2) is 8.21. The van der Waals surface area contributed by atoms with Crippen LogP contribution in [0.1, 0.15) is 21.5 Å². The van der Waals surface area contributed by atoms with Gasteiger partial charge in [-0.05, 0) is 42.8 Å². The Morgan fingerprint density at radius 2 is 2.00 bits per heavy atom. The SMILES string of the molecule is Cc1ccc(CNC(=O)C(N)COc2ccc(C=O)cc2)c(F)c1. The molecule has 0 aliphatic carbocycles. The minimum Gasteiger partial charge on any atom is -0.491 e. The van der Waals surface area contributed by atoms with E-state index in [9.17, 15) is 14.0 Å². The molecule has 2 aromatic rings. The summed E-state index contributed by atoms with van der Waals surface area (Å²) in [6.45, 7) is 1.83. The highest BCUT2D eigenvalue weighted by atomic mass is 19.1. The molecule has 6 heteroatoms. The van der Waals surface area contributed by atoms with Gasteiger partial charge < -0.3 is 15.8 Å². The maximum atomic E-state index is 13.7. The number of aryl methyl sites for hydroxylation is 1. The van der Waals surface area contributed by atoms with Crippen molar-refractivity contribution in [1.29, 1.82) is 0 Å². The van der Waals surface area contributed by atoms with Gasteiger partial charge in [0.25, 0.3) is 0 Å². The number of nitrogens with one attached hydrogen (secondary N) is 1. The maximum Gasteiger partial charge on any atom is 0.240 e. The number of aldehydes is 1. The van der Waals surface area contributed by atoms with Gasteiger partial charge in [-0.3, -0.25) is 9.59 Å². The summed E-state index contributed by atoms with van der Waals surface area (Å²) in [5.74, 6) is -0.289. The van der Waals surface area contributed by atoms with E-state index in [4.69, 9.17) is 10.5 Å². The van der Waals surface area contributed by atoms with Gasteiger partial charge in [0.1, 0.15) is 30.5 Å². The molecule has 24 heavy (non-hydrogen) atoms. The molecule has 0 fully saturated rings. The number of carbonyl (C=O) groups is 2. The summed E-state index contributed by atoms with van der Waals surface area (Å²) in [5, 5.41) is 2.58. The van der Waals surface area contributed by atoms with Crippen LogP contribution in [0.3, 0.4) is 0 Å². The van der Waals surface area contributed by atoms with Gasteiger partial charge in [-0.1, -0.05) is 12.1 Å². The monoisotopic (exact) mass is 330 g/mol. The van der Waals surface area contributed by atoms with Crippen molar-refractivity contribution in [2.75, 3.05) is 6.61 Å². The molecule has 1 atom stereocenters. The third-order valence-electron chi connectivity index (χ3n) is 3.44. The predicted molar refractivity (Wildman–Crippen MR) is 88.3 cm³/mol. The first kappa shape index (κ1) is 17.6. The number of hydrogen-bond acceptors (Lipinski definition) is 4. The molecule has 5 nitrogen and oxygen atoms in total. The molecule has 0 heterocycles. The van der Waals surface area contributed by atoms with Gasteiger partial charge in [-0.15, -0.1) is 0 Å². The Hall–Kier alpha value is -2.73. The number of halogens is 1. The average Bonchev–Trinajstić information content (AvgIpc) is 2.59. The topological polar surface area (TPSA) is 81.4 Å².